The van der Waals surface area contributed by atoms with Crippen LogP contribution in [-0.2, 0) is 15.7 Å². The molecular formula is C11H8F3NO2. The molecule has 90 valence electrons. The Morgan fingerprint density at radius 1 is 1.18 bits per heavy atom. The van der Waals surface area contributed by atoms with Gasteiger partial charge in [0.15, 0.2) is 12.0 Å². The second-order valence-electron chi connectivity index (χ2n) is 3.57. The van der Waals surface area contributed by atoms with Gasteiger partial charge in [0.2, 0.25) is 5.78 Å². The summed E-state index contributed by atoms with van der Waals surface area (Å²) in [5, 5.41) is 0. The fourth-order valence-electron chi connectivity index (χ4n) is 1.52. The van der Waals surface area contributed by atoms with Crippen molar-refractivity contribution in [3.63, 3.8) is 0 Å². The number of hydrogen-bond acceptors (Lipinski definition) is 3. The maximum Gasteiger partial charge on any atom is 0.416 e. The molecule has 0 aromatic heterocycles. The van der Waals surface area contributed by atoms with Crippen LogP contribution in [0.3, 0.4) is 0 Å². The van der Waals surface area contributed by atoms with E-state index >= 15 is 0 Å². The van der Waals surface area contributed by atoms with Gasteiger partial charge in [-0.05, 0) is 12.1 Å². The van der Waals surface area contributed by atoms with Crippen LogP contribution in [-0.4, -0.2) is 5.78 Å². The summed E-state index contributed by atoms with van der Waals surface area (Å²) in [5.41, 5.74) is 4.87. The van der Waals surface area contributed by atoms with Crippen LogP contribution in [0.25, 0.3) is 0 Å². The number of hydrogen-bond donors (Lipinski definition) is 1. The van der Waals surface area contributed by atoms with Crippen LogP contribution in [0, 0.1) is 0 Å². The monoisotopic (exact) mass is 243 g/mol. The molecule has 0 aliphatic carbocycles. The molecule has 0 saturated carbocycles. The van der Waals surface area contributed by atoms with E-state index in [1.165, 1.54) is 12.1 Å². The molecule has 0 amide bonds. The lowest BCUT2D eigenvalue weighted by Crippen LogP contribution is -2.09. The zero-order valence-electron chi connectivity index (χ0n) is 8.49. The highest BCUT2D eigenvalue weighted by Gasteiger charge is 2.32. The van der Waals surface area contributed by atoms with Gasteiger partial charge >= 0.3 is 6.18 Å². The van der Waals surface area contributed by atoms with Crippen molar-refractivity contribution in [3.05, 3.63) is 47.4 Å². The van der Waals surface area contributed by atoms with Gasteiger partial charge in [0.1, 0.15) is 0 Å². The van der Waals surface area contributed by atoms with Crippen molar-refractivity contribution in [2.45, 2.75) is 12.3 Å². The van der Waals surface area contributed by atoms with E-state index < -0.39 is 17.8 Å². The third-order valence-electron chi connectivity index (χ3n) is 2.34. The number of carbonyl (C=O) groups is 1. The third-order valence-corrected chi connectivity index (χ3v) is 2.34. The Morgan fingerprint density at radius 3 is 2.18 bits per heavy atom. The molecule has 1 unspecified atom stereocenters. The minimum absolute atomic E-state index is 0.0279. The standard InChI is InChI=1S/C11H8F3NO2/c12-11(13,14)7-3-1-6(2-4-7)10-8(16)5-9(15)17-10/h1-5,10H,15H2. The van der Waals surface area contributed by atoms with Crippen LogP contribution in [0.15, 0.2) is 36.2 Å². The largest absolute Gasteiger partial charge is 0.463 e. The van der Waals surface area contributed by atoms with Crippen molar-refractivity contribution >= 4 is 5.78 Å². The Hall–Kier alpha value is -1.98. The minimum atomic E-state index is -4.39. The Morgan fingerprint density at radius 2 is 1.76 bits per heavy atom. The van der Waals surface area contributed by atoms with Crippen LogP contribution in [0.4, 0.5) is 13.2 Å². The molecule has 0 bridgehead atoms. The maximum atomic E-state index is 12.3. The fraction of sp³-hybridized carbons (Fsp3) is 0.182. The Balaban J connectivity index is 2.23. The number of ketones is 1. The molecule has 1 aromatic rings. The highest BCUT2D eigenvalue weighted by atomic mass is 19.4. The van der Waals surface area contributed by atoms with E-state index in [4.69, 9.17) is 10.5 Å². The predicted octanol–water partition coefficient (Wildman–Crippen LogP) is 2.15. The zero-order valence-corrected chi connectivity index (χ0v) is 8.49. The number of carbonyl (C=O) groups excluding carboxylic acids is 1. The van der Waals surface area contributed by atoms with Crippen LogP contribution in [0.1, 0.15) is 17.2 Å². The first-order chi connectivity index (χ1) is 7.88. The van der Waals surface area contributed by atoms with Gasteiger partial charge in [0.25, 0.3) is 0 Å². The number of ether oxygens (including phenoxy) is 1. The van der Waals surface area contributed by atoms with Gasteiger partial charge < -0.3 is 10.5 Å². The summed E-state index contributed by atoms with van der Waals surface area (Å²) in [5.74, 6) is -0.401. The summed E-state index contributed by atoms with van der Waals surface area (Å²) in [4.78, 5) is 11.4. The summed E-state index contributed by atoms with van der Waals surface area (Å²) in [6.07, 6.45) is -4.21. The first-order valence-corrected chi connectivity index (χ1v) is 4.73. The molecule has 1 aliphatic rings. The van der Waals surface area contributed by atoms with Gasteiger partial charge in [-0.3, -0.25) is 4.79 Å². The zero-order chi connectivity index (χ0) is 12.6. The van der Waals surface area contributed by atoms with E-state index in [0.717, 1.165) is 18.2 Å². The lowest BCUT2D eigenvalue weighted by molar-refractivity contribution is -0.137. The molecule has 1 aliphatic heterocycles. The molecule has 1 aromatic carbocycles. The Bertz CT molecular complexity index is 476. The number of halogens is 3. The van der Waals surface area contributed by atoms with Gasteiger partial charge in [-0.15, -0.1) is 0 Å². The third kappa shape index (κ3) is 2.25. The van der Waals surface area contributed by atoms with Crippen LogP contribution < -0.4 is 5.73 Å². The van der Waals surface area contributed by atoms with E-state index in [1.54, 1.807) is 0 Å². The molecule has 0 spiro atoms. The van der Waals surface area contributed by atoms with E-state index in [9.17, 15) is 18.0 Å². The maximum absolute atomic E-state index is 12.3. The molecule has 3 nitrogen and oxygen atoms in total. The summed E-state index contributed by atoms with van der Waals surface area (Å²) in [7, 11) is 0. The smallest absolute Gasteiger partial charge is 0.416 e. The number of rotatable bonds is 1. The predicted molar refractivity (Wildman–Crippen MR) is 52.5 cm³/mol. The molecule has 2 rings (SSSR count). The molecule has 2 N–H and O–H groups in total. The van der Waals surface area contributed by atoms with Gasteiger partial charge in [0.05, 0.1) is 5.56 Å². The molecule has 6 heteroatoms. The summed E-state index contributed by atoms with van der Waals surface area (Å²) < 4.78 is 41.9. The highest BCUT2D eigenvalue weighted by Crippen LogP contribution is 2.32. The second kappa shape index (κ2) is 3.80. The lowest BCUT2D eigenvalue weighted by atomic mass is 10.0. The lowest BCUT2D eigenvalue weighted by Gasteiger charge is -2.12. The van der Waals surface area contributed by atoms with Crippen LogP contribution >= 0.6 is 0 Å². The average molecular weight is 243 g/mol. The van der Waals surface area contributed by atoms with Crippen molar-refractivity contribution in [2.24, 2.45) is 5.73 Å². The van der Waals surface area contributed by atoms with Crippen molar-refractivity contribution in [1.29, 1.82) is 0 Å². The van der Waals surface area contributed by atoms with Gasteiger partial charge in [-0.2, -0.15) is 13.2 Å². The first-order valence-electron chi connectivity index (χ1n) is 4.73. The highest BCUT2D eigenvalue weighted by molar-refractivity contribution is 5.96. The Kier molecular flexibility index (Phi) is 2.57. The van der Waals surface area contributed by atoms with E-state index in [-0.39, 0.29) is 11.7 Å². The van der Waals surface area contributed by atoms with Crippen LogP contribution in [0.2, 0.25) is 0 Å². The van der Waals surface area contributed by atoms with Gasteiger partial charge in [-0.1, -0.05) is 12.1 Å². The normalized spacial score (nSPS) is 20.1. The second-order valence-corrected chi connectivity index (χ2v) is 3.57. The van der Waals surface area contributed by atoms with Gasteiger partial charge in [-0.25, -0.2) is 0 Å². The SMILES string of the molecule is NC1=CC(=O)C(c2ccc(C(F)(F)F)cc2)O1. The number of alkyl halides is 3. The van der Waals surface area contributed by atoms with E-state index in [0.29, 0.717) is 5.56 Å². The molecule has 0 saturated heterocycles. The van der Waals surface area contributed by atoms with Crippen molar-refractivity contribution in [2.75, 3.05) is 0 Å². The fourth-order valence-corrected chi connectivity index (χ4v) is 1.52. The van der Waals surface area contributed by atoms with Crippen LogP contribution in [0.5, 0.6) is 0 Å². The topological polar surface area (TPSA) is 52.3 Å². The molecular weight excluding hydrogens is 235 g/mol. The molecule has 0 fully saturated rings. The van der Waals surface area contributed by atoms with E-state index in [1.807, 2.05) is 0 Å². The number of benzene rings is 1. The molecule has 1 atom stereocenters. The van der Waals surface area contributed by atoms with Crippen molar-refractivity contribution in [3.8, 4) is 0 Å². The quantitative estimate of drug-likeness (QED) is 0.822. The summed E-state index contributed by atoms with van der Waals surface area (Å²) in [6, 6.07) is 4.22. The van der Waals surface area contributed by atoms with Crippen molar-refractivity contribution in [1.82, 2.24) is 0 Å². The van der Waals surface area contributed by atoms with E-state index in [2.05, 4.69) is 0 Å². The minimum Gasteiger partial charge on any atom is -0.463 e. The molecule has 1 heterocycles. The number of nitrogens with two attached hydrogens (primary N) is 1. The summed E-state index contributed by atoms with van der Waals surface area (Å²) >= 11 is 0. The molecule has 0 radical (unpaired) electrons. The first kappa shape index (κ1) is 11.5. The van der Waals surface area contributed by atoms with Gasteiger partial charge in [0, 0.05) is 11.6 Å². The Labute approximate surface area is 94.7 Å². The van der Waals surface area contributed by atoms with Crippen molar-refractivity contribution < 1.29 is 22.7 Å². The molecule has 17 heavy (non-hydrogen) atoms. The average Bonchev–Trinajstić information content (AvgIpc) is 2.57. The summed E-state index contributed by atoms with van der Waals surface area (Å²) in [6.45, 7) is 0.